The highest BCUT2D eigenvalue weighted by Gasteiger charge is 2.54. The number of carbonyl (C=O) groups excluding carboxylic acids is 1. The molecule has 16 atom stereocenters. The van der Waals surface area contributed by atoms with Gasteiger partial charge in [-0.15, -0.1) is 0 Å². The van der Waals surface area contributed by atoms with Crippen molar-refractivity contribution in [2.24, 2.45) is 29.6 Å². The van der Waals surface area contributed by atoms with E-state index in [0.29, 0.717) is 45.1 Å². The molecule has 4 aliphatic heterocycles. The zero-order valence-corrected chi connectivity index (χ0v) is 32.4. The predicted octanol–water partition coefficient (Wildman–Crippen LogP) is 3.65. The smallest absolute Gasteiger partial charge is 0.330 e. The topological polar surface area (TPSA) is 196 Å². The van der Waals surface area contributed by atoms with Crippen LogP contribution in [-0.2, 0) is 23.7 Å². The third-order valence-corrected chi connectivity index (χ3v) is 12.5. The summed E-state index contributed by atoms with van der Waals surface area (Å²) in [5.41, 5.74) is -3.48. The molecule has 0 aliphatic carbocycles. The van der Waals surface area contributed by atoms with Gasteiger partial charge in [-0.1, -0.05) is 46.8 Å². The third-order valence-electron chi connectivity index (χ3n) is 12.5. The highest BCUT2D eigenvalue weighted by molar-refractivity contribution is 5.82. The third kappa shape index (κ3) is 10.6. The molecule has 300 valence electrons. The number of aliphatic hydroxyl groups excluding tert-OH is 4. The molecule has 4 rings (SSSR count). The van der Waals surface area contributed by atoms with Gasteiger partial charge in [-0.05, 0) is 76.7 Å². The summed E-state index contributed by atoms with van der Waals surface area (Å²) in [5.74, 6) is -4.82. The minimum atomic E-state index is -1.95. The summed E-state index contributed by atoms with van der Waals surface area (Å²) >= 11 is 0. The molecule has 2 bridgehead atoms. The Bertz CT molecular complexity index is 1220. The number of fused-ring (bicyclic) bond motifs is 3. The van der Waals surface area contributed by atoms with Gasteiger partial charge in [-0.3, -0.25) is 0 Å². The van der Waals surface area contributed by atoms with Crippen LogP contribution in [0, 0.1) is 29.6 Å². The number of carbonyl (C=O) groups is 1. The first-order valence-corrected chi connectivity index (χ1v) is 19.7. The Hall–Kier alpha value is -1.45. The highest BCUT2D eigenvalue weighted by Crippen LogP contribution is 2.48. The number of aliphatic hydroxyl groups is 7. The number of allylic oxidation sites excluding steroid dienone is 1. The maximum atomic E-state index is 13.4. The average molecular weight is 741 g/mol. The van der Waals surface area contributed by atoms with Gasteiger partial charge in [0, 0.05) is 49.5 Å². The summed E-state index contributed by atoms with van der Waals surface area (Å²) in [6, 6.07) is 0. The lowest BCUT2D eigenvalue weighted by atomic mass is 9.77. The Morgan fingerprint density at radius 3 is 2.35 bits per heavy atom. The molecule has 0 amide bonds. The van der Waals surface area contributed by atoms with Gasteiger partial charge in [0.15, 0.2) is 11.6 Å². The maximum Gasteiger partial charge on any atom is 0.330 e. The van der Waals surface area contributed by atoms with Crippen LogP contribution in [0.1, 0.15) is 119 Å². The average Bonchev–Trinajstić information content (AvgIpc) is 3.08. The predicted molar refractivity (Wildman–Crippen MR) is 193 cm³/mol. The SMILES string of the molecule is CC[C@@H](O)C[C@@H]1O[C@@]2(CC[C@@H]1C)C[C@H]1OC(=O)/C=C/[C@](C)(O)[C@H](O)[C@H](C)[C@H](O)C[C@@H](O)[C@](C)(O)CCC/C=C\[C@@H]3C[C@H](C)CO[C@]3(O)C[C@@H](O2)[C@H]1C. The Kier molecular flexibility index (Phi) is 14.6. The molecule has 0 radical (unpaired) electrons. The second-order valence-corrected chi connectivity index (χ2v) is 17.2. The van der Waals surface area contributed by atoms with Crippen LogP contribution in [0.25, 0.3) is 0 Å². The summed E-state index contributed by atoms with van der Waals surface area (Å²) in [6.07, 6.45) is 4.21. The molecular weight excluding hydrogens is 672 g/mol. The standard InChI is InChI=1S/C40H68O12/c1-8-29(41)19-31-25(3)13-17-39(51-31)21-32-27(5)33(52-39)22-40(48)28(18-24(2)23-49-40)12-10-9-11-15-37(6,46)34(43)20-30(42)26(4)36(45)38(7,47)16-14-35(44)50-32/h10,12,14,16,24-34,36,41-43,45-48H,8-9,11,13,15,17-23H2,1-7H3/b12-10-,16-14+/t24-,25-,26+,27-,28+,29+,30+,31-,32+,33+,34+,36+,37+,38-,39+,40+/m0/s1. The molecular formula is C40H68O12. The van der Waals surface area contributed by atoms with Crippen molar-refractivity contribution in [3.8, 4) is 0 Å². The Labute approximate surface area is 310 Å². The summed E-state index contributed by atoms with van der Waals surface area (Å²) in [4.78, 5) is 13.4. The molecule has 0 unspecified atom stereocenters. The van der Waals surface area contributed by atoms with E-state index in [1.807, 2.05) is 26.0 Å². The molecule has 52 heavy (non-hydrogen) atoms. The van der Waals surface area contributed by atoms with E-state index < -0.39 is 77.2 Å². The second kappa shape index (κ2) is 17.6. The van der Waals surface area contributed by atoms with Gasteiger partial charge in [-0.25, -0.2) is 4.79 Å². The zero-order valence-electron chi connectivity index (χ0n) is 32.4. The van der Waals surface area contributed by atoms with Gasteiger partial charge in [0.25, 0.3) is 0 Å². The first kappa shape index (κ1) is 43.3. The van der Waals surface area contributed by atoms with Crippen molar-refractivity contribution < 1.29 is 59.5 Å². The first-order chi connectivity index (χ1) is 24.2. The van der Waals surface area contributed by atoms with E-state index in [9.17, 15) is 40.5 Å². The molecule has 4 aliphatic rings. The van der Waals surface area contributed by atoms with Crippen LogP contribution in [-0.4, -0.2) is 114 Å². The lowest BCUT2D eigenvalue weighted by Crippen LogP contribution is -2.59. The van der Waals surface area contributed by atoms with Crippen LogP contribution < -0.4 is 0 Å². The molecule has 4 heterocycles. The fourth-order valence-corrected chi connectivity index (χ4v) is 8.35. The molecule has 0 aromatic carbocycles. The van der Waals surface area contributed by atoms with E-state index in [1.165, 1.54) is 20.8 Å². The van der Waals surface area contributed by atoms with Gasteiger partial charge in [-0.2, -0.15) is 0 Å². The summed E-state index contributed by atoms with van der Waals surface area (Å²) in [5, 5.41) is 77.8. The van der Waals surface area contributed by atoms with Crippen LogP contribution in [0.15, 0.2) is 24.3 Å². The Balaban J connectivity index is 1.69. The van der Waals surface area contributed by atoms with Crippen molar-refractivity contribution in [2.45, 2.75) is 185 Å². The van der Waals surface area contributed by atoms with Crippen molar-refractivity contribution in [1.29, 1.82) is 0 Å². The van der Waals surface area contributed by atoms with Crippen molar-refractivity contribution in [3.05, 3.63) is 24.3 Å². The van der Waals surface area contributed by atoms with E-state index in [2.05, 4.69) is 13.8 Å². The lowest BCUT2D eigenvalue weighted by Gasteiger charge is -2.53. The van der Waals surface area contributed by atoms with Gasteiger partial charge >= 0.3 is 5.97 Å². The number of ether oxygens (including phenoxy) is 4. The number of hydrogen-bond acceptors (Lipinski definition) is 12. The zero-order chi connectivity index (χ0) is 38.6. The Morgan fingerprint density at radius 1 is 0.942 bits per heavy atom. The highest BCUT2D eigenvalue weighted by atomic mass is 16.7. The van der Waals surface area contributed by atoms with Crippen molar-refractivity contribution >= 4 is 5.97 Å². The van der Waals surface area contributed by atoms with E-state index in [1.54, 1.807) is 0 Å². The van der Waals surface area contributed by atoms with E-state index in [4.69, 9.17) is 18.9 Å². The molecule has 1 spiro atoms. The summed E-state index contributed by atoms with van der Waals surface area (Å²) in [7, 11) is 0. The van der Waals surface area contributed by atoms with Crippen LogP contribution in [0.4, 0.5) is 0 Å². The van der Waals surface area contributed by atoms with Crippen molar-refractivity contribution in [1.82, 2.24) is 0 Å². The molecule has 0 aromatic rings. The fraction of sp³-hybridized carbons (Fsp3) is 0.875. The Morgan fingerprint density at radius 2 is 1.65 bits per heavy atom. The molecule has 12 nitrogen and oxygen atoms in total. The van der Waals surface area contributed by atoms with Gasteiger partial charge in [0.2, 0.25) is 0 Å². The van der Waals surface area contributed by atoms with Crippen molar-refractivity contribution in [2.75, 3.05) is 6.61 Å². The van der Waals surface area contributed by atoms with Crippen LogP contribution >= 0.6 is 0 Å². The molecule has 0 aromatic heterocycles. The second-order valence-electron chi connectivity index (χ2n) is 17.2. The van der Waals surface area contributed by atoms with Crippen LogP contribution in [0.5, 0.6) is 0 Å². The molecule has 3 fully saturated rings. The molecule has 7 N–H and O–H groups in total. The first-order valence-electron chi connectivity index (χ1n) is 19.7. The minimum Gasteiger partial charge on any atom is -0.459 e. The van der Waals surface area contributed by atoms with Gasteiger partial charge in [0.1, 0.15) is 11.7 Å². The van der Waals surface area contributed by atoms with E-state index in [-0.39, 0.29) is 49.5 Å². The number of esters is 1. The monoisotopic (exact) mass is 740 g/mol. The largest absolute Gasteiger partial charge is 0.459 e. The van der Waals surface area contributed by atoms with Crippen LogP contribution in [0.3, 0.4) is 0 Å². The minimum absolute atomic E-state index is 0.0880. The van der Waals surface area contributed by atoms with Crippen molar-refractivity contribution in [3.63, 3.8) is 0 Å². The van der Waals surface area contributed by atoms with Gasteiger partial charge < -0.3 is 54.7 Å². The quantitative estimate of drug-likeness (QED) is 0.164. The normalized spacial score (nSPS) is 49.4. The fourth-order valence-electron chi connectivity index (χ4n) is 8.35. The molecule has 12 heteroatoms. The van der Waals surface area contributed by atoms with E-state index >= 15 is 0 Å². The van der Waals surface area contributed by atoms with Gasteiger partial charge in [0.05, 0.1) is 48.8 Å². The molecule has 3 saturated heterocycles. The molecule has 0 saturated carbocycles. The summed E-state index contributed by atoms with van der Waals surface area (Å²) in [6.45, 7) is 12.7. The summed E-state index contributed by atoms with van der Waals surface area (Å²) < 4.78 is 25.8. The maximum absolute atomic E-state index is 13.4. The lowest BCUT2D eigenvalue weighted by molar-refractivity contribution is -0.362. The number of hydrogen-bond donors (Lipinski definition) is 7. The van der Waals surface area contributed by atoms with Crippen LogP contribution in [0.2, 0.25) is 0 Å². The number of rotatable bonds is 3. The van der Waals surface area contributed by atoms with E-state index in [0.717, 1.165) is 18.6 Å².